The molecule has 0 atom stereocenters. The number of carbonyl (C=O) groups is 1. The quantitative estimate of drug-likeness (QED) is 0.592. The first kappa shape index (κ1) is 15.4. The Hall–Kier alpha value is -3.45. The number of rotatable bonds is 4. The van der Waals surface area contributed by atoms with E-state index < -0.39 is 0 Å². The first-order valence-electron chi connectivity index (χ1n) is 7.55. The van der Waals surface area contributed by atoms with Crippen molar-refractivity contribution < 1.29 is 4.79 Å². The van der Waals surface area contributed by atoms with E-state index in [2.05, 4.69) is 16.6 Å². The van der Waals surface area contributed by atoms with Gasteiger partial charge in [-0.3, -0.25) is 4.79 Å². The SMILES string of the molecule is N#Cc1ccc(/C=N/NC(=O)Cc2cccc3ccccc23)cc1. The van der Waals surface area contributed by atoms with E-state index >= 15 is 0 Å². The Morgan fingerprint density at radius 2 is 1.79 bits per heavy atom. The van der Waals surface area contributed by atoms with Gasteiger partial charge in [-0.05, 0) is 34.0 Å². The lowest BCUT2D eigenvalue weighted by Crippen LogP contribution is -2.19. The smallest absolute Gasteiger partial charge is 0.244 e. The molecule has 4 heteroatoms. The number of fused-ring (bicyclic) bond motifs is 1. The van der Waals surface area contributed by atoms with Gasteiger partial charge in [-0.1, -0.05) is 54.6 Å². The summed E-state index contributed by atoms with van der Waals surface area (Å²) >= 11 is 0. The molecule has 0 aliphatic carbocycles. The number of hydrogen-bond acceptors (Lipinski definition) is 3. The Kier molecular flexibility index (Phi) is 4.64. The van der Waals surface area contributed by atoms with Crippen LogP contribution < -0.4 is 5.43 Å². The minimum Gasteiger partial charge on any atom is -0.273 e. The number of nitrogens with one attached hydrogen (secondary N) is 1. The molecule has 0 aromatic heterocycles. The van der Waals surface area contributed by atoms with Gasteiger partial charge in [0.1, 0.15) is 0 Å². The fourth-order valence-electron chi connectivity index (χ4n) is 2.48. The molecule has 1 amide bonds. The summed E-state index contributed by atoms with van der Waals surface area (Å²) < 4.78 is 0. The van der Waals surface area contributed by atoms with Gasteiger partial charge in [0.25, 0.3) is 0 Å². The Bertz CT molecular complexity index is 932. The molecule has 1 N–H and O–H groups in total. The van der Waals surface area contributed by atoms with Crippen molar-refractivity contribution in [1.29, 1.82) is 5.26 Å². The number of hydrazone groups is 1. The Morgan fingerprint density at radius 1 is 1.04 bits per heavy atom. The first-order chi connectivity index (χ1) is 11.8. The maximum Gasteiger partial charge on any atom is 0.244 e. The summed E-state index contributed by atoms with van der Waals surface area (Å²) in [4.78, 5) is 12.1. The lowest BCUT2D eigenvalue weighted by molar-refractivity contribution is -0.120. The molecule has 3 rings (SSSR count). The molecule has 3 aromatic carbocycles. The highest BCUT2D eigenvalue weighted by molar-refractivity contribution is 5.90. The van der Waals surface area contributed by atoms with Crippen molar-refractivity contribution in [3.63, 3.8) is 0 Å². The van der Waals surface area contributed by atoms with Crippen LogP contribution in [0.2, 0.25) is 0 Å². The Labute approximate surface area is 140 Å². The van der Waals surface area contributed by atoms with Crippen LogP contribution in [0.1, 0.15) is 16.7 Å². The zero-order valence-electron chi connectivity index (χ0n) is 12.9. The number of nitriles is 1. The van der Waals surface area contributed by atoms with Gasteiger partial charge in [-0.25, -0.2) is 5.43 Å². The highest BCUT2D eigenvalue weighted by atomic mass is 16.2. The Morgan fingerprint density at radius 3 is 2.58 bits per heavy atom. The third-order valence-electron chi connectivity index (χ3n) is 3.67. The maximum atomic E-state index is 12.1. The summed E-state index contributed by atoms with van der Waals surface area (Å²) in [5, 5.41) is 14.9. The zero-order chi connectivity index (χ0) is 16.8. The van der Waals surface area contributed by atoms with Gasteiger partial charge in [0, 0.05) is 0 Å². The van der Waals surface area contributed by atoms with E-state index in [0.717, 1.165) is 21.9 Å². The molecule has 0 heterocycles. The van der Waals surface area contributed by atoms with Gasteiger partial charge >= 0.3 is 0 Å². The number of benzene rings is 3. The van der Waals surface area contributed by atoms with Crippen molar-refractivity contribution in [2.45, 2.75) is 6.42 Å². The van der Waals surface area contributed by atoms with Gasteiger partial charge in [0.15, 0.2) is 0 Å². The van der Waals surface area contributed by atoms with Crippen molar-refractivity contribution in [1.82, 2.24) is 5.43 Å². The van der Waals surface area contributed by atoms with E-state index in [1.807, 2.05) is 42.5 Å². The second-order valence-electron chi connectivity index (χ2n) is 5.34. The first-order valence-corrected chi connectivity index (χ1v) is 7.55. The number of amides is 1. The van der Waals surface area contributed by atoms with Crippen LogP contribution in [0.25, 0.3) is 10.8 Å². The summed E-state index contributed by atoms with van der Waals surface area (Å²) in [6.07, 6.45) is 1.83. The molecule has 0 aliphatic rings. The number of carbonyl (C=O) groups excluding carboxylic acids is 1. The lowest BCUT2D eigenvalue weighted by Gasteiger charge is -2.05. The molecule has 24 heavy (non-hydrogen) atoms. The van der Waals surface area contributed by atoms with Crippen molar-refractivity contribution in [3.05, 3.63) is 83.4 Å². The van der Waals surface area contributed by atoms with Gasteiger partial charge in [-0.2, -0.15) is 10.4 Å². The number of hydrogen-bond donors (Lipinski definition) is 1. The van der Waals surface area contributed by atoms with Crippen LogP contribution in [0.3, 0.4) is 0 Å². The van der Waals surface area contributed by atoms with E-state index in [1.54, 1.807) is 30.5 Å². The molecular weight excluding hydrogens is 298 g/mol. The predicted octanol–water partition coefficient (Wildman–Crippen LogP) is 3.40. The third kappa shape index (κ3) is 3.65. The highest BCUT2D eigenvalue weighted by Crippen LogP contribution is 2.18. The van der Waals surface area contributed by atoms with Crippen LogP contribution in [0.4, 0.5) is 0 Å². The van der Waals surface area contributed by atoms with Crippen LogP contribution in [0.5, 0.6) is 0 Å². The van der Waals surface area contributed by atoms with E-state index in [4.69, 9.17) is 5.26 Å². The van der Waals surface area contributed by atoms with E-state index in [9.17, 15) is 4.79 Å². The van der Waals surface area contributed by atoms with Gasteiger partial charge in [0.05, 0.1) is 24.3 Å². The second kappa shape index (κ2) is 7.21. The van der Waals surface area contributed by atoms with Crippen molar-refractivity contribution in [2.24, 2.45) is 5.10 Å². The molecule has 0 bridgehead atoms. The highest BCUT2D eigenvalue weighted by Gasteiger charge is 2.05. The fraction of sp³-hybridized carbons (Fsp3) is 0.0500. The molecule has 0 fully saturated rings. The number of nitrogens with zero attached hydrogens (tertiary/aromatic N) is 2. The standard InChI is InChI=1S/C20H15N3O/c21-13-15-8-10-16(11-9-15)14-22-23-20(24)12-18-6-3-5-17-4-1-2-7-19(17)18/h1-11,14H,12H2,(H,23,24)/b22-14+. The molecular formula is C20H15N3O. The van der Waals surface area contributed by atoms with Crippen LogP contribution in [-0.2, 0) is 11.2 Å². The summed E-state index contributed by atoms with van der Waals surface area (Å²) in [5.41, 5.74) is 4.92. The average Bonchev–Trinajstić information content (AvgIpc) is 2.63. The van der Waals surface area contributed by atoms with E-state index in [1.165, 1.54) is 0 Å². The summed E-state index contributed by atoms with van der Waals surface area (Å²) in [6.45, 7) is 0. The van der Waals surface area contributed by atoms with Gasteiger partial charge < -0.3 is 0 Å². The molecule has 0 radical (unpaired) electrons. The summed E-state index contributed by atoms with van der Waals surface area (Å²) in [5.74, 6) is -0.170. The van der Waals surface area contributed by atoms with Gasteiger partial charge in [-0.15, -0.1) is 0 Å². The fourth-order valence-corrected chi connectivity index (χ4v) is 2.48. The third-order valence-corrected chi connectivity index (χ3v) is 3.67. The molecule has 0 saturated heterocycles. The zero-order valence-corrected chi connectivity index (χ0v) is 12.9. The topological polar surface area (TPSA) is 65.2 Å². The normalized spacial score (nSPS) is 10.6. The van der Waals surface area contributed by atoms with E-state index in [-0.39, 0.29) is 12.3 Å². The average molecular weight is 313 g/mol. The molecule has 116 valence electrons. The van der Waals surface area contributed by atoms with Crippen LogP contribution in [0.15, 0.2) is 71.8 Å². The van der Waals surface area contributed by atoms with Crippen molar-refractivity contribution >= 4 is 22.9 Å². The molecule has 0 saturated carbocycles. The maximum absolute atomic E-state index is 12.1. The van der Waals surface area contributed by atoms with Gasteiger partial charge in [0.2, 0.25) is 5.91 Å². The van der Waals surface area contributed by atoms with Crippen LogP contribution in [0, 0.1) is 11.3 Å². The summed E-state index contributed by atoms with van der Waals surface area (Å²) in [6, 6.07) is 22.9. The monoisotopic (exact) mass is 313 g/mol. The molecule has 0 aliphatic heterocycles. The second-order valence-corrected chi connectivity index (χ2v) is 5.34. The lowest BCUT2D eigenvalue weighted by atomic mass is 10.0. The molecule has 0 spiro atoms. The minimum absolute atomic E-state index is 0.170. The van der Waals surface area contributed by atoms with Crippen molar-refractivity contribution in [2.75, 3.05) is 0 Å². The van der Waals surface area contributed by atoms with Crippen LogP contribution in [-0.4, -0.2) is 12.1 Å². The Balaban J connectivity index is 1.64. The van der Waals surface area contributed by atoms with Crippen LogP contribution >= 0.6 is 0 Å². The largest absolute Gasteiger partial charge is 0.273 e. The summed E-state index contributed by atoms with van der Waals surface area (Å²) in [7, 11) is 0. The predicted molar refractivity (Wildman–Crippen MR) is 94.5 cm³/mol. The molecule has 3 aromatic rings. The molecule has 4 nitrogen and oxygen atoms in total. The molecule has 0 unspecified atom stereocenters. The van der Waals surface area contributed by atoms with E-state index in [0.29, 0.717) is 5.56 Å². The minimum atomic E-state index is -0.170. The van der Waals surface area contributed by atoms with Crippen molar-refractivity contribution in [3.8, 4) is 6.07 Å².